The minimum absolute atomic E-state index is 0.0915. The van der Waals surface area contributed by atoms with Crippen molar-refractivity contribution in [2.75, 3.05) is 0 Å². The van der Waals surface area contributed by atoms with E-state index in [-0.39, 0.29) is 11.9 Å². The van der Waals surface area contributed by atoms with Crippen LogP contribution in [0.3, 0.4) is 0 Å². The average Bonchev–Trinajstić information content (AvgIpc) is 2.29. The lowest BCUT2D eigenvalue weighted by Gasteiger charge is -2.10. The molecular formula is C13H16N2O. The summed E-state index contributed by atoms with van der Waals surface area (Å²) in [4.78, 5) is 11.6. The van der Waals surface area contributed by atoms with Gasteiger partial charge in [0.15, 0.2) is 0 Å². The molecule has 0 saturated carbocycles. The molecule has 0 aliphatic heterocycles. The van der Waals surface area contributed by atoms with Gasteiger partial charge in [0, 0.05) is 0 Å². The average molecular weight is 216 g/mol. The first-order chi connectivity index (χ1) is 7.76. The second-order valence-corrected chi connectivity index (χ2v) is 3.70. The molecule has 1 N–H and O–H groups in total. The molecule has 16 heavy (non-hydrogen) atoms. The van der Waals surface area contributed by atoms with Crippen LogP contribution in [0.2, 0.25) is 0 Å². The number of carbonyl (C=O) groups is 1. The Morgan fingerprint density at radius 3 is 2.69 bits per heavy atom. The third-order valence-electron chi connectivity index (χ3n) is 2.28. The van der Waals surface area contributed by atoms with E-state index in [1.165, 1.54) is 0 Å². The molecule has 3 heteroatoms. The lowest BCUT2D eigenvalue weighted by molar-refractivity contribution is -0.120. The van der Waals surface area contributed by atoms with E-state index in [1.807, 2.05) is 37.3 Å². The molecule has 0 radical (unpaired) electrons. The van der Waals surface area contributed by atoms with Gasteiger partial charge in [-0.2, -0.15) is 5.26 Å². The summed E-state index contributed by atoms with van der Waals surface area (Å²) >= 11 is 0. The number of nitrogens with one attached hydrogen (secondary N) is 1. The number of nitrogens with zero attached hydrogens (tertiary/aromatic N) is 1. The van der Waals surface area contributed by atoms with Crippen molar-refractivity contribution in [3.63, 3.8) is 0 Å². The Labute approximate surface area is 96.1 Å². The maximum absolute atomic E-state index is 11.6. The van der Waals surface area contributed by atoms with Crippen molar-refractivity contribution in [2.24, 2.45) is 0 Å². The normalized spacial score (nSPS) is 11.5. The molecule has 84 valence electrons. The fourth-order valence-corrected chi connectivity index (χ4v) is 1.48. The van der Waals surface area contributed by atoms with Crippen molar-refractivity contribution >= 4 is 5.91 Å². The van der Waals surface area contributed by atoms with Crippen molar-refractivity contribution in [2.45, 2.75) is 32.2 Å². The van der Waals surface area contributed by atoms with Crippen LogP contribution in [-0.2, 0) is 11.2 Å². The van der Waals surface area contributed by atoms with Crippen LogP contribution in [0, 0.1) is 11.3 Å². The Kier molecular flexibility index (Phi) is 5.07. The standard InChI is InChI=1S/C13H16N2O/c1-2-6-12(10-14)15-13(16)9-11-7-4-3-5-8-11/h3-5,7-8,12H,2,6,9H2,1H3,(H,15,16). The minimum Gasteiger partial charge on any atom is -0.340 e. The van der Waals surface area contributed by atoms with E-state index in [2.05, 4.69) is 11.4 Å². The zero-order valence-electron chi connectivity index (χ0n) is 9.44. The van der Waals surface area contributed by atoms with Gasteiger partial charge in [0.25, 0.3) is 0 Å². The molecule has 1 unspecified atom stereocenters. The molecule has 0 bridgehead atoms. The highest BCUT2D eigenvalue weighted by atomic mass is 16.1. The van der Waals surface area contributed by atoms with Gasteiger partial charge in [0.2, 0.25) is 5.91 Å². The number of hydrogen-bond acceptors (Lipinski definition) is 2. The molecular weight excluding hydrogens is 200 g/mol. The Morgan fingerprint density at radius 2 is 2.12 bits per heavy atom. The van der Waals surface area contributed by atoms with Crippen LogP contribution in [-0.4, -0.2) is 11.9 Å². The SMILES string of the molecule is CCCC(C#N)NC(=O)Cc1ccccc1. The smallest absolute Gasteiger partial charge is 0.225 e. The zero-order chi connectivity index (χ0) is 11.8. The van der Waals surface area contributed by atoms with Crippen LogP contribution in [0.15, 0.2) is 30.3 Å². The number of benzene rings is 1. The van der Waals surface area contributed by atoms with Crippen LogP contribution in [0.4, 0.5) is 0 Å². The molecule has 1 aromatic rings. The summed E-state index contributed by atoms with van der Waals surface area (Å²) in [5.41, 5.74) is 0.966. The van der Waals surface area contributed by atoms with Crippen LogP contribution in [0.1, 0.15) is 25.3 Å². The van der Waals surface area contributed by atoms with Crippen molar-refractivity contribution in [1.82, 2.24) is 5.32 Å². The predicted octanol–water partition coefficient (Wildman–Crippen LogP) is 2.04. The summed E-state index contributed by atoms with van der Waals surface area (Å²) < 4.78 is 0. The van der Waals surface area contributed by atoms with Crippen molar-refractivity contribution in [3.8, 4) is 6.07 Å². The van der Waals surface area contributed by atoms with Crippen LogP contribution in [0.25, 0.3) is 0 Å². The predicted molar refractivity (Wildman–Crippen MR) is 62.6 cm³/mol. The van der Waals surface area contributed by atoms with Gasteiger partial charge in [-0.05, 0) is 12.0 Å². The van der Waals surface area contributed by atoms with E-state index in [0.29, 0.717) is 12.8 Å². The highest BCUT2D eigenvalue weighted by molar-refractivity contribution is 5.79. The van der Waals surface area contributed by atoms with Gasteiger partial charge in [0.1, 0.15) is 6.04 Å². The molecule has 1 rings (SSSR count). The minimum atomic E-state index is -0.360. The largest absolute Gasteiger partial charge is 0.340 e. The highest BCUT2D eigenvalue weighted by Crippen LogP contribution is 2.01. The number of nitriles is 1. The number of carbonyl (C=O) groups excluding carboxylic acids is 1. The fraction of sp³-hybridized carbons (Fsp3) is 0.385. The lowest BCUT2D eigenvalue weighted by Crippen LogP contribution is -2.34. The Morgan fingerprint density at radius 1 is 1.44 bits per heavy atom. The molecule has 0 aliphatic rings. The summed E-state index contributed by atoms with van der Waals surface area (Å²) in [5, 5.41) is 11.5. The van der Waals surface area contributed by atoms with Gasteiger partial charge in [-0.3, -0.25) is 4.79 Å². The monoisotopic (exact) mass is 216 g/mol. The molecule has 0 saturated heterocycles. The van der Waals surface area contributed by atoms with Crippen LogP contribution in [0.5, 0.6) is 0 Å². The molecule has 1 aromatic carbocycles. The second kappa shape index (κ2) is 6.62. The van der Waals surface area contributed by atoms with Crippen LogP contribution < -0.4 is 5.32 Å². The fourth-order valence-electron chi connectivity index (χ4n) is 1.48. The molecule has 0 aromatic heterocycles. The van der Waals surface area contributed by atoms with Gasteiger partial charge >= 0.3 is 0 Å². The molecule has 0 heterocycles. The number of rotatable bonds is 5. The van der Waals surface area contributed by atoms with Gasteiger partial charge in [-0.15, -0.1) is 0 Å². The number of amides is 1. The first-order valence-electron chi connectivity index (χ1n) is 5.49. The summed E-state index contributed by atoms with van der Waals surface area (Å²) in [5.74, 6) is -0.0915. The van der Waals surface area contributed by atoms with E-state index in [0.717, 1.165) is 12.0 Å². The first kappa shape index (κ1) is 12.3. The van der Waals surface area contributed by atoms with Gasteiger partial charge < -0.3 is 5.32 Å². The molecule has 1 amide bonds. The van der Waals surface area contributed by atoms with Crippen LogP contribution >= 0.6 is 0 Å². The van der Waals surface area contributed by atoms with Crippen molar-refractivity contribution < 1.29 is 4.79 Å². The maximum atomic E-state index is 11.6. The summed E-state index contributed by atoms with van der Waals surface area (Å²) in [7, 11) is 0. The first-order valence-corrected chi connectivity index (χ1v) is 5.49. The summed E-state index contributed by atoms with van der Waals surface area (Å²) in [6.07, 6.45) is 1.93. The number of hydrogen-bond donors (Lipinski definition) is 1. The molecule has 1 atom stereocenters. The Hall–Kier alpha value is -1.82. The third-order valence-corrected chi connectivity index (χ3v) is 2.28. The molecule has 0 spiro atoms. The molecule has 3 nitrogen and oxygen atoms in total. The highest BCUT2D eigenvalue weighted by Gasteiger charge is 2.10. The zero-order valence-corrected chi connectivity index (χ0v) is 9.44. The Balaban J connectivity index is 2.45. The van der Waals surface area contributed by atoms with E-state index in [4.69, 9.17) is 5.26 Å². The topological polar surface area (TPSA) is 52.9 Å². The summed E-state index contributed by atoms with van der Waals surface area (Å²) in [6, 6.07) is 11.2. The van der Waals surface area contributed by atoms with E-state index in [9.17, 15) is 4.79 Å². The maximum Gasteiger partial charge on any atom is 0.225 e. The third kappa shape index (κ3) is 4.14. The molecule has 0 aliphatic carbocycles. The molecule has 0 fully saturated rings. The van der Waals surface area contributed by atoms with Gasteiger partial charge in [-0.25, -0.2) is 0 Å². The van der Waals surface area contributed by atoms with E-state index >= 15 is 0 Å². The van der Waals surface area contributed by atoms with E-state index in [1.54, 1.807) is 0 Å². The van der Waals surface area contributed by atoms with Crippen molar-refractivity contribution in [3.05, 3.63) is 35.9 Å². The lowest BCUT2D eigenvalue weighted by atomic mass is 10.1. The van der Waals surface area contributed by atoms with Gasteiger partial charge in [-0.1, -0.05) is 43.7 Å². The van der Waals surface area contributed by atoms with Gasteiger partial charge in [0.05, 0.1) is 12.5 Å². The second-order valence-electron chi connectivity index (χ2n) is 3.70. The summed E-state index contributed by atoms with van der Waals surface area (Å²) in [6.45, 7) is 1.99. The Bertz CT molecular complexity index is 367. The quantitative estimate of drug-likeness (QED) is 0.818. The van der Waals surface area contributed by atoms with Crippen molar-refractivity contribution in [1.29, 1.82) is 5.26 Å². The van der Waals surface area contributed by atoms with E-state index < -0.39 is 0 Å².